The van der Waals surface area contributed by atoms with Gasteiger partial charge >= 0.3 is 0 Å². The summed E-state index contributed by atoms with van der Waals surface area (Å²) >= 11 is 0. The van der Waals surface area contributed by atoms with Gasteiger partial charge in [0.1, 0.15) is 0 Å². The Hall–Kier alpha value is -1.26. The molecule has 2 saturated heterocycles. The van der Waals surface area contributed by atoms with Crippen molar-refractivity contribution in [3.63, 3.8) is 0 Å². The fraction of sp³-hybridized carbons (Fsp3) is 0.625. The van der Waals surface area contributed by atoms with Crippen molar-refractivity contribution < 1.29 is 9.47 Å². The molecule has 0 radical (unpaired) electrons. The highest BCUT2D eigenvalue weighted by atomic mass is 16.5. The number of rotatable bonds is 4. The minimum Gasteiger partial charge on any atom is -0.493 e. The molecule has 1 N–H and O–H groups in total. The van der Waals surface area contributed by atoms with E-state index in [4.69, 9.17) is 9.47 Å². The molecule has 2 atom stereocenters. The first-order chi connectivity index (χ1) is 9.81. The van der Waals surface area contributed by atoms with E-state index in [1.165, 1.54) is 31.5 Å². The van der Waals surface area contributed by atoms with Crippen LogP contribution in [0.4, 0.5) is 0 Å². The number of para-hydroxylation sites is 1. The van der Waals surface area contributed by atoms with Crippen molar-refractivity contribution >= 4 is 0 Å². The summed E-state index contributed by atoms with van der Waals surface area (Å²) in [6, 6.07) is 6.81. The second-order valence-electron chi connectivity index (χ2n) is 5.81. The predicted molar refractivity (Wildman–Crippen MR) is 79.3 cm³/mol. The summed E-state index contributed by atoms with van der Waals surface area (Å²) in [7, 11) is 3.41. The molecular weight excluding hydrogens is 252 g/mol. The highest BCUT2D eigenvalue weighted by Gasteiger charge is 2.34. The second-order valence-corrected chi connectivity index (χ2v) is 5.81. The lowest BCUT2D eigenvalue weighted by Crippen LogP contribution is -2.40. The van der Waals surface area contributed by atoms with Crippen LogP contribution in [0.2, 0.25) is 0 Å². The van der Waals surface area contributed by atoms with Gasteiger partial charge in [0.2, 0.25) is 0 Å². The third-order valence-electron chi connectivity index (χ3n) is 4.55. The molecule has 0 bridgehead atoms. The fourth-order valence-corrected chi connectivity index (χ4v) is 3.58. The van der Waals surface area contributed by atoms with Gasteiger partial charge in [-0.1, -0.05) is 12.1 Å². The smallest absolute Gasteiger partial charge is 0.165 e. The lowest BCUT2D eigenvalue weighted by atomic mass is 9.94. The summed E-state index contributed by atoms with van der Waals surface area (Å²) in [5, 5.41) is 3.65. The number of piperidine rings is 1. The van der Waals surface area contributed by atoms with E-state index >= 15 is 0 Å². The number of nitrogens with zero attached hydrogens (tertiary/aromatic N) is 1. The van der Waals surface area contributed by atoms with Crippen LogP contribution in [0.5, 0.6) is 11.5 Å². The first-order valence-corrected chi connectivity index (χ1v) is 7.47. The van der Waals surface area contributed by atoms with Crippen molar-refractivity contribution in [2.24, 2.45) is 5.92 Å². The van der Waals surface area contributed by atoms with E-state index in [0.717, 1.165) is 30.5 Å². The van der Waals surface area contributed by atoms with Gasteiger partial charge in [-0.3, -0.25) is 4.90 Å². The van der Waals surface area contributed by atoms with Gasteiger partial charge in [0.05, 0.1) is 14.2 Å². The Morgan fingerprint density at radius 2 is 2.15 bits per heavy atom. The van der Waals surface area contributed by atoms with Gasteiger partial charge in [0.25, 0.3) is 0 Å². The SMILES string of the molecule is COc1cccc(CN2CC3CCCNC3C2)c1OC. The van der Waals surface area contributed by atoms with Gasteiger partial charge in [0.15, 0.2) is 11.5 Å². The molecule has 4 heteroatoms. The summed E-state index contributed by atoms with van der Waals surface area (Å²) in [6.45, 7) is 4.45. The summed E-state index contributed by atoms with van der Waals surface area (Å²) in [5.41, 5.74) is 1.21. The van der Waals surface area contributed by atoms with E-state index in [2.05, 4.69) is 16.3 Å². The molecule has 110 valence electrons. The molecule has 0 aromatic heterocycles. The molecule has 2 aliphatic heterocycles. The highest BCUT2D eigenvalue weighted by molar-refractivity contribution is 5.46. The molecule has 2 unspecified atom stereocenters. The zero-order valence-electron chi connectivity index (χ0n) is 12.4. The molecule has 0 saturated carbocycles. The van der Waals surface area contributed by atoms with Crippen LogP contribution in [0.1, 0.15) is 18.4 Å². The highest BCUT2D eigenvalue weighted by Crippen LogP contribution is 2.33. The number of methoxy groups -OCH3 is 2. The van der Waals surface area contributed by atoms with E-state index in [0.29, 0.717) is 6.04 Å². The third kappa shape index (κ3) is 2.63. The van der Waals surface area contributed by atoms with E-state index in [1.54, 1.807) is 14.2 Å². The van der Waals surface area contributed by atoms with Crippen LogP contribution < -0.4 is 14.8 Å². The topological polar surface area (TPSA) is 33.7 Å². The van der Waals surface area contributed by atoms with Crippen molar-refractivity contribution in [1.82, 2.24) is 10.2 Å². The molecule has 4 nitrogen and oxygen atoms in total. The zero-order valence-corrected chi connectivity index (χ0v) is 12.4. The summed E-state index contributed by atoms with van der Waals surface area (Å²) in [5.74, 6) is 2.51. The first kappa shape index (κ1) is 13.7. The average molecular weight is 276 g/mol. The number of fused-ring (bicyclic) bond motifs is 1. The molecule has 1 aromatic carbocycles. The standard InChI is InChI=1S/C16H24N2O2/c1-19-15-7-3-5-13(16(15)20-2)10-18-9-12-6-4-8-17-14(12)11-18/h3,5,7,12,14,17H,4,6,8-11H2,1-2H3. The third-order valence-corrected chi connectivity index (χ3v) is 4.55. The number of benzene rings is 1. The van der Waals surface area contributed by atoms with Crippen LogP contribution >= 0.6 is 0 Å². The minimum absolute atomic E-state index is 0.681. The van der Waals surface area contributed by atoms with Gasteiger partial charge < -0.3 is 14.8 Å². The fourth-order valence-electron chi connectivity index (χ4n) is 3.58. The van der Waals surface area contributed by atoms with E-state index in [1.807, 2.05) is 12.1 Å². The van der Waals surface area contributed by atoms with Crippen LogP contribution in [-0.4, -0.2) is 44.8 Å². The Bertz CT molecular complexity index is 450. The van der Waals surface area contributed by atoms with Crippen LogP contribution in [0, 0.1) is 5.92 Å². The Morgan fingerprint density at radius 3 is 2.90 bits per heavy atom. The molecule has 2 fully saturated rings. The van der Waals surface area contributed by atoms with Crippen LogP contribution in [0.3, 0.4) is 0 Å². The zero-order chi connectivity index (χ0) is 13.9. The number of nitrogens with one attached hydrogen (secondary N) is 1. The number of hydrogen-bond acceptors (Lipinski definition) is 4. The molecule has 3 rings (SSSR count). The van der Waals surface area contributed by atoms with Crippen molar-refractivity contribution in [1.29, 1.82) is 0 Å². The van der Waals surface area contributed by atoms with E-state index < -0.39 is 0 Å². The molecule has 0 spiro atoms. The first-order valence-electron chi connectivity index (χ1n) is 7.47. The normalized spacial score (nSPS) is 26.3. The molecule has 0 aliphatic carbocycles. The summed E-state index contributed by atoms with van der Waals surface area (Å²) in [6.07, 6.45) is 2.68. The Kier molecular flexibility index (Phi) is 4.13. The number of ether oxygens (including phenoxy) is 2. The van der Waals surface area contributed by atoms with Crippen molar-refractivity contribution in [3.8, 4) is 11.5 Å². The van der Waals surface area contributed by atoms with E-state index in [-0.39, 0.29) is 0 Å². The largest absolute Gasteiger partial charge is 0.493 e. The second kappa shape index (κ2) is 6.02. The maximum atomic E-state index is 5.53. The molecule has 20 heavy (non-hydrogen) atoms. The molecular formula is C16H24N2O2. The monoisotopic (exact) mass is 276 g/mol. The molecule has 2 heterocycles. The maximum absolute atomic E-state index is 5.53. The van der Waals surface area contributed by atoms with Crippen molar-refractivity contribution in [2.75, 3.05) is 33.9 Å². The van der Waals surface area contributed by atoms with Crippen LogP contribution in [-0.2, 0) is 6.54 Å². The van der Waals surface area contributed by atoms with Gasteiger partial charge in [-0.25, -0.2) is 0 Å². The van der Waals surface area contributed by atoms with Gasteiger partial charge in [-0.15, -0.1) is 0 Å². The average Bonchev–Trinajstić information content (AvgIpc) is 2.89. The Balaban J connectivity index is 1.72. The maximum Gasteiger partial charge on any atom is 0.165 e. The van der Waals surface area contributed by atoms with Crippen LogP contribution in [0.25, 0.3) is 0 Å². The summed E-state index contributed by atoms with van der Waals surface area (Å²) < 4.78 is 10.9. The molecule has 2 aliphatic rings. The van der Waals surface area contributed by atoms with Crippen molar-refractivity contribution in [2.45, 2.75) is 25.4 Å². The van der Waals surface area contributed by atoms with Crippen LogP contribution in [0.15, 0.2) is 18.2 Å². The lowest BCUT2D eigenvalue weighted by molar-refractivity contribution is 0.300. The summed E-state index contributed by atoms with van der Waals surface area (Å²) in [4.78, 5) is 2.53. The molecule has 1 aromatic rings. The predicted octanol–water partition coefficient (Wildman–Crippen LogP) is 1.89. The molecule has 0 amide bonds. The number of likely N-dealkylation sites (tertiary alicyclic amines) is 1. The number of hydrogen-bond donors (Lipinski definition) is 1. The van der Waals surface area contributed by atoms with E-state index in [9.17, 15) is 0 Å². The Morgan fingerprint density at radius 1 is 1.25 bits per heavy atom. The minimum atomic E-state index is 0.681. The quantitative estimate of drug-likeness (QED) is 0.910. The Labute approximate surface area is 121 Å². The van der Waals surface area contributed by atoms with Gasteiger partial charge in [-0.2, -0.15) is 0 Å². The lowest BCUT2D eigenvalue weighted by Gasteiger charge is -2.24. The van der Waals surface area contributed by atoms with Gasteiger partial charge in [0, 0.05) is 31.2 Å². The van der Waals surface area contributed by atoms with Crippen molar-refractivity contribution in [3.05, 3.63) is 23.8 Å². The van der Waals surface area contributed by atoms with Gasteiger partial charge in [-0.05, 0) is 31.4 Å².